The highest BCUT2D eigenvalue weighted by molar-refractivity contribution is 5.95. The van der Waals surface area contributed by atoms with Gasteiger partial charge >= 0.3 is 18.1 Å². The average Bonchev–Trinajstić information content (AvgIpc) is 2.92. The first-order chi connectivity index (χ1) is 20.2. The number of benzene rings is 3. The molecule has 0 saturated heterocycles. The van der Waals surface area contributed by atoms with Crippen LogP contribution in [0.3, 0.4) is 0 Å². The van der Waals surface area contributed by atoms with E-state index in [1.807, 2.05) is 0 Å². The summed E-state index contributed by atoms with van der Waals surface area (Å²) < 4.78 is 77.8. The lowest BCUT2D eigenvalue weighted by Crippen LogP contribution is -2.26. The van der Waals surface area contributed by atoms with Gasteiger partial charge in [0.15, 0.2) is 0 Å². The SMILES string of the molecule is C=CCOC(=O)Cc1ccc(-c2ccc(OCc3ccc(C(F)(F)F)c(OCC=C)c3C(=O)OC(C)(C)C)cc2)c(F)c1. The summed E-state index contributed by atoms with van der Waals surface area (Å²) in [6.07, 6.45) is -2.19. The van der Waals surface area contributed by atoms with Gasteiger partial charge in [-0.25, -0.2) is 9.18 Å². The molecule has 0 saturated carbocycles. The Morgan fingerprint density at radius 1 is 0.884 bits per heavy atom. The standard InChI is InChI=1S/C33H32F4O6/c1-6-16-40-28(38)19-21-8-14-25(27(34)18-21)22-9-12-24(13-10-22)42-20-23-11-15-26(33(35,36)37)30(41-17-7-2)29(23)31(39)43-32(3,4)5/h6-15,18H,1-2,16-17,19-20H2,3-5H3. The van der Waals surface area contributed by atoms with Gasteiger partial charge in [0.25, 0.3) is 0 Å². The third-order valence-electron chi connectivity index (χ3n) is 5.80. The number of esters is 2. The van der Waals surface area contributed by atoms with E-state index in [0.717, 1.165) is 12.1 Å². The summed E-state index contributed by atoms with van der Waals surface area (Å²) in [5.41, 5.74) is -1.16. The first-order valence-corrected chi connectivity index (χ1v) is 13.2. The Labute approximate surface area is 247 Å². The Hall–Kier alpha value is -4.60. The van der Waals surface area contributed by atoms with E-state index in [2.05, 4.69) is 13.2 Å². The predicted octanol–water partition coefficient (Wildman–Crippen LogP) is 7.88. The van der Waals surface area contributed by atoms with Crippen LogP contribution in [-0.4, -0.2) is 30.8 Å². The van der Waals surface area contributed by atoms with Crippen LogP contribution in [-0.2, 0) is 33.5 Å². The molecule has 10 heteroatoms. The maximum atomic E-state index is 14.8. The number of rotatable bonds is 12. The van der Waals surface area contributed by atoms with Gasteiger partial charge in [0, 0.05) is 11.1 Å². The van der Waals surface area contributed by atoms with Crippen LogP contribution in [0.25, 0.3) is 11.1 Å². The van der Waals surface area contributed by atoms with E-state index < -0.39 is 46.4 Å². The third kappa shape index (κ3) is 9.19. The van der Waals surface area contributed by atoms with Crippen molar-refractivity contribution in [3.05, 3.63) is 108 Å². The fourth-order valence-electron chi connectivity index (χ4n) is 3.98. The molecule has 43 heavy (non-hydrogen) atoms. The van der Waals surface area contributed by atoms with E-state index in [1.54, 1.807) is 57.2 Å². The van der Waals surface area contributed by atoms with Crippen LogP contribution in [0.1, 0.15) is 47.8 Å². The van der Waals surface area contributed by atoms with Crippen LogP contribution in [0.15, 0.2) is 79.9 Å². The minimum Gasteiger partial charge on any atom is -0.489 e. The number of carbonyl (C=O) groups excluding carboxylic acids is 2. The van der Waals surface area contributed by atoms with Gasteiger partial charge in [0.2, 0.25) is 0 Å². The average molecular weight is 601 g/mol. The fourth-order valence-corrected chi connectivity index (χ4v) is 3.98. The van der Waals surface area contributed by atoms with Crippen molar-refractivity contribution in [1.82, 2.24) is 0 Å². The summed E-state index contributed by atoms with van der Waals surface area (Å²) >= 11 is 0. The van der Waals surface area contributed by atoms with Gasteiger partial charge in [-0.1, -0.05) is 55.6 Å². The van der Waals surface area contributed by atoms with Crippen molar-refractivity contribution in [1.29, 1.82) is 0 Å². The molecule has 228 valence electrons. The molecule has 0 N–H and O–H groups in total. The molecule has 0 aliphatic heterocycles. The van der Waals surface area contributed by atoms with E-state index >= 15 is 0 Å². The van der Waals surface area contributed by atoms with Crippen molar-refractivity contribution in [3.63, 3.8) is 0 Å². The van der Waals surface area contributed by atoms with Gasteiger partial charge in [-0.3, -0.25) is 4.79 Å². The van der Waals surface area contributed by atoms with E-state index in [4.69, 9.17) is 18.9 Å². The summed E-state index contributed by atoms with van der Waals surface area (Å²) in [6.45, 7) is 11.2. The topological polar surface area (TPSA) is 71.1 Å². The van der Waals surface area contributed by atoms with E-state index in [9.17, 15) is 27.2 Å². The van der Waals surface area contributed by atoms with E-state index in [1.165, 1.54) is 18.2 Å². The van der Waals surface area contributed by atoms with Crippen LogP contribution in [0.2, 0.25) is 0 Å². The van der Waals surface area contributed by atoms with Crippen LogP contribution < -0.4 is 9.47 Å². The lowest BCUT2D eigenvalue weighted by Gasteiger charge is -2.24. The highest BCUT2D eigenvalue weighted by Gasteiger charge is 2.38. The second kappa shape index (κ2) is 14.0. The van der Waals surface area contributed by atoms with Crippen molar-refractivity contribution >= 4 is 11.9 Å². The number of hydrogen-bond acceptors (Lipinski definition) is 6. The molecule has 3 aromatic rings. The van der Waals surface area contributed by atoms with Gasteiger partial charge in [0.05, 0.1) is 12.0 Å². The number of alkyl halides is 3. The molecule has 0 unspecified atom stereocenters. The van der Waals surface area contributed by atoms with Crippen molar-refractivity contribution < 1.29 is 46.1 Å². The quantitative estimate of drug-likeness (QED) is 0.120. The molecule has 0 heterocycles. The fraction of sp³-hybridized carbons (Fsp3) is 0.273. The molecule has 0 amide bonds. The number of hydrogen-bond donors (Lipinski definition) is 0. The van der Waals surface area contributed by atoms with Crippen molar-refractivity contribution in [3.8, 4) is 22.6 Å². The summed E-state index contributed by atoms with van der Waals surface area (Å²) in [6, 6.07) is 12.7. The third-order valence-corrected chi connectivity index (χ3v) is 5.80. The monoisotopic (exact) mass is 600 g/mol. The second-order valence-corrected chi connectivity index (χ2v) is 10.4. The van der Waals surface area contributed by atoms with Crippen LogP contribution in [0, 0.1) is 5.82 Å². The van der Waals surface area contributed by atoms with Gasteiger partial charge in [-0.15, -0.1) is 0 Å². The maximum Gasteiger partial charge on any atom is 0.419 e. The molecular formula is C33H32F4O6. The molecule has 6 nitrogen and oxygen atoms in total. The molecule has 3 rings (SSSR count). The predicted molar refractivity (Wildman–Crippen MR) is 153 cm³/mol. The Bertz CT molecular complexity index is 1470. The van der Waals surface area contributed by atoms with Crippen LogP contribution in [0.4, 0.5) is 17.6 Å². The van der Waals surface area contributed by atoms with Crippen LogP contribution in [0.5, 0.6) is 11.5 Å². The molecule has 0 aliphatic carbocycles. The Balaban J connectivity index is 1.85. The van der Waals surface area contributed by atoms with Crippen LogP contribution >= 0.6 is 0 Å². The van der Waals surface area contributed by atoms with Crippen molar-refractivity contribution in [2.45, 2.75) is 45.6 Å². The largest absolute Gasteiger partial charge is 0.489 e. The summed E-state index contributed by atoms with van der Waals surface area (Å²) in [5, 5.41) is 0. The number of carbonyl (C=O) groups is 2. The second-order valence-electron chi connectivity index (χ2n) is 10.4. The Morgan fingerprint density at radius 2 is 1.56 bits per heavy atom. The highest BCUT2D eigenvalue weighted by atomic mass is 19.4. The molecule has 0 radical (unpaired) electrons. The lowest BCUT2D eigenvalue weighted by molar-refractivity contribution is -0.141. The van der Waals surface area contributed by atoms with Gasteiger partial charge in [-0.2, -0.15) is 13.2 Å². The van der Waals surface area contributed by atoms with Crippen molar-refractivity contribution in [2.24, 2.45) is 0 Å². The van der Waals surface area contributed by atoms with Gasteiger partial charge < -0.3 is 18.9 Å². The minimum atomic E-state index is -4.80. The molecule has 0 atom stereocenters. The molecule has 0 aromatic heterocycles. The first kappa shape index (κ1) is 32.9. The van der Waals surface area contributed by atoms with Gasteiger partial charge in [-0.05, 0) is 56.2 Å². The van der Waals surface area contributed by atoms with Gasteiger partial charge in [0.1, 0.15) is 48.3 Å². The molecule has 0 spiro atoms. The summed E-state index contributed by atoms with van der Waals surface area (Å²) in [5.74, 6) is -2.41. The number of ether oxygens (including phenoxy) is 4. The summed E-state index contributed by atoms with van der Waals surface area (Å²) in [7, 11) is 0. The molecule has 0 bridgehead atoms. The zero-order chi connectivity index (χ0) is 31.8. The maximum absolute atomic E-state index is 14.8. The molecule has 0 fully saturated rings. The Morgan fingerprint density at radius 3 is 2.14 bits per heavy atom. The summed E-state index contributed by atoms with van der Waals surface area (Å²) in [4.78, 5) is 24.9. The number of halogens is 4. The molecule has 0 aliphatic rings. The van der Waals surface area contributed by atoms with Crippen molar-refractivity contribution in [2.75, 3.05) is 13.2 Å². The minimum absolute atomic E-state index is 0.0687. The first-order valence-electron chi connectivity index (χ1n) is 13.2. The molecule has 3 aromatic carbocycles. The Kier molecular flexibility index (Phi) is 10.7. The van der Waals surface area contributed by atoms with E-state index in [0.29, 0.717) is 16.9 Å². The normalized spacial score (nSPS) is 11.4. The molecular weight excluding hydrogens is 568 g/mol. The zero-order valence-corrected chi connectivity index (χ0v) is 24.1. The van der Waals surface area contributed by atoms with E-state index in [-0.39, 0.29) is 37.4 Å². The zero-order valence-electron chi connectivity index (χ0n) is 24.1. The smallest absolute Gasteiger partial charge is 0.419 e. The highest BCUT2D eigenvalue weighted by Crippen LogP contribution is 2.40. The lowest BCUT2D eigenvalue weighted by atomic mass is 10.0.